The molecule has 0 aromatic carbocycles. The van der Waals surface area contributed by atoms with Crippen LogP contribution in [0.5, 0.6) is 0 Å². The van der Waals surface area contributed by atoms with Crippen molar-refractivity contribution >= 4 is 17.9 Å². The maximum Gasteiger partial charge on any atom is 0.306 e. The van der Waals surface area contributed by atoms with E-state index in [0.29, 0.717) is 19.3 Å². The Morgan fingerprint density at radius 3 is 1.25 bits per heavy atom. The molecule has 0 aromatic rings. The van der Waals surface area contributed by atoms with E-state index >= 15 is 0 Å². The zero-order chi connectivity index (χ0) is 43.7. The Morgan fingerprint density at radius 2 is 0.750 bits per heavy atom. The van der Waals surface area contributed by atoms with Gasteiger partial charge in [0, 0.05) is 19.3 Å². The Labute approximate surface area is 369 Å². The van der Waals surface area contributed by atoms with E-state index in [4.69, 9.17) is 14.2 Å². The average Bonchev–Trinajstić information content (AvgIpc) is 3.24. The van der Waals surface area contributed by atoms with Crippen molar-refractivity contribution in [1.29, 1.82) is 0 Å². The Morgan fingerprint density at radius 1 is 0.367 bits per heavy atom. The number of hydrogen-bond acceptors (Lipinski definition) is 6. The molecule has 0 aliphatic carbocycles. The van der Waals surface area contributed by atoms with Gasteiger partial charge in [-0.2, -0.15) is 0 Å². The fraction of sp³-hybridized carbons (Fsp3) is 0.685. The van der Waals surface area contributed by atoms with Crippen molar-refractivity contribution in [3.8, 4) is 0 Å². The Kier molecular flexibility index (Phi) is 45.5. The third-order valence-corrected chi connectivity index (χ3v) is 10.3. The first-order valence-electron chi connectivity index (χ1n) is 24.7. The lowest BCUT2D eigenvalue weighted by Gasteiger charge is -2.18. The summed E-state index contributed by atoms with van der Waals surface area (Å²) < 4.78 is 16.7. The van der Waals surface area contributed by atoms with Crippen LogP contribution in [0.15, 0.2) is 85.1 Å². The van der Waals surface area contributed by atoms with Crippen LogP contribution in [0.2, 0.25) is 0 Å². The Bertz CT molecular complexity index is 1190. The zero-order valence-corrected chi connectivity index (χ0v) is 38.9. The van der Waals surface area contributed by atoms with Gasteiger partial charge >= 0.3 is 17.9 Å². The molecule has 0 saturated heterocycles. The monoisotopic (exact) mass is 835 g/mol. The van der Waals surface area contributed by atoms with E-state index in [1.807, 2.05) is 54.7 Å². The van der Waals surface area contributed by atoms with E-state index in [1.165, 1.54) is 103 Å². The van der Waals surface area contributed by atoms with Gasteiger partial charge in [0.1, 0.15) is 13.2 Å². The lowest BCUT2D eigenvalue weighted by atomic mass is 10.0. The van der Waals surface area contributed by atoms with Gasteiger partial charge in [0.25, 0.3) is 0 Å². The largest absolute Gasteiger partial charge is 0.462 e. The normalized spacial score (nSPS) is 12.8. The molecule has 0 radical (unpaired) electrons. The summed E-state index contributed by atoms with van der Waals surface area (Å²) in [4.78, 5) is 37.9. The van der Waals surface area contributed by atoms with Crippen molar-refractivity contribution in [3.63, 3.8) is 0 Å². The predicted octanol–water partition coefficient (Wildman–Crippen LogP) is 16.0. The Hall–Kier alpha value is -3.41. The molecule has 0 rings (SSSR count). The second-order valence-corrected chi connectivity index (χ2v) is 16.1. The number of unbranched alkanes of at least 4 members (excludes halogenated alkanes) is 22. The molecular formula is C54H90O6. The van der Waals surface area contributed by atoms with Crippen LogP contribution in [0.25, 0.3) is 0 Å². The van der Waals surface area contributed by atoms with Crippen LogP contribution in [0.1, 0.15) is 220 Å². The van der Waals surface area contributed by atoms with Gasteiger partial charge in [-0.15, -0.1) is 0 Å². The first kappa shape index (κ1) is 56.6. The van der Waals surface area contributed by atoms with E-state index in [1.54, 1.807) is 0 Å². The van der Waals surface area contributed by atoms with Crippen molar-refractivity contribution in [2.45, 2.75) is 226 Å². The van der Waals surface area contributed by atoms with E-state index in [-0.39, 0.29) is 37.5 Å². The second kappa shape index (κ2) is 48.3. The number of rotatable bonds is 43. The van der Waals surface area contributed by atoms with Crippen LogP contribution < -0.4 is 0 Å². The molecule has 1 atom stereocenters. The summed E-state index contributed by atoms with van der Waals surface area (Å²) in [6.45, 7) is 6.31. The fourth-order valence-corrected chi connectivity index (χ4v) is 6.63. The molecule has 342 valence electrons. The summed E-state index contributed by atoms with van der Waals surface area (Å²) in [5.41, 5.74) is 0. The molecule has 0 aromatic heterocycles. The van der Waals surface area contributed by atoms with Crippen molar-refractivity contribution in [1.82, 2.24) is 0 Å². The molecule has 0 saturated carbocycles. The minimum Gasteiger partial charge on any atom is -0.462 e. The maximum absolute atomic E-state index is 12.8. The summed E-state index contributed by atoms with van der Waals surface area (Å²) in [5, 5.41) is 0. The second-order valence-electron chi connectivity index (χ2n) is 16.1. The summed E-state index contributed by atoms with van der Waals surface area (Å²) >= 11 is 0. The highest BCUT2D eigenvalue weighted by Gasteiger charge is 2.19. The van der Waals surface area contributed by atoms with Gasteiger partial charge in [-0.25, -0.2) is 0 Å². The zero-order valence-electron chi connectivity index (χ0n) is 38.9. The first-order valence-corrected chi connectivity index (χ1v) is 24.7. The van der Waals surface area contributed by atoms with Gasteiger partial charge in [0.15, 0.2) is 6.10 Å². The summed E-state index contributed by atoms with van der Waals surface area (Å²) in [7, 11) is 0. The minimum absolute atomic E-state index is 0.101. The molecule has 0 bridgehead atoms. The van der Waals surface area contributed by atoms with Crippen molar-refractivity contribution < 1.29 is 28.6 Å². The van der Waals surface area contributed by atoms with E-state index < -0.39 is 6.10 Å². The van der Waals surface area contributed by atoms with Crippen LogP contribution in [-0.4, -0.2) is 37.2 Å². The molecule has 0 aliphatic rings. The molecule has 0 N–H and O–H groups in total. The molecule has 1 unspecified atom stereocenters. The third-order valence-electron chi connectivity index (χ3n) is 10.3. The van der Waals surface area contributed by atoms with Gasteiger partial charge < -0.3 is 14.2 Å². The number of allylic oxidation sites excluding steroid dienone is 14. The number of esters is 3. The van der Waals surface area contributed by atoms with E-state index in [2.05, 4.69) is 51.2 Å². The van der Waals surface area contributed by atoms with Gasteiger partial charge in [-0.05, 0) is 57.8 Å². The average molecular weight is 835 g/mol. The number of hydrogen-bond donors (Lipinski definition) is 0. The number of carbonyl (C=O) groups is 3. The molecule has 0 amide bonds. The van der Waals surface area contributed by atoms with Crippen LogP contribution in [0.4, 0.5) is 0 Å². The van der Waals surface area contributed by atoms with Crippen molar-refractivity contribution in [2.75, 3.05) is 13.2 Å². The van der Waals surface area contributed by atoms with Gasteiger partial charge in [-0.3, -0.25) is 14.4 Å². The fourth-order valence-electron chi connectivity index (χ4n) is 6.63. The smallest absolute Gasteiger partial charge is 0.306 e. The van der Waals surface area contributed by atoms with E-state index in [0.717, 1.165) is 70.6 Å². The highest BCUT2D eigenvalue weighted by Crippen LogP contribution is 2.15. The number of ether oxygens (including phenoxy) is 3. The highest BCUT2D eigenvalue weighted by atomic mass is 16.6. The van der Waals surface area contributed by atoms with Crippen LogP contribution in [0.3, 0.4) is 0 Å². The molecular weight excluding hydrogens is 745 g/mol. The SMILES string of the molecule is CC/C=C/C=C/C=C/C=C/C=C/CCCC(=O)OCC(COC(=O)CCCCCCCCCCCCCCCCC)OC(=O)CCCCCCCCC/C=C/C/C=C/CC. The van der Waals surface area contributed by atoms with Gasteiger partial charge in [-0.1, -0.05) is 228 Å². The third kappa shape index (κ3) is 45.7. The first-order chi connectivity index (χ1) is 29.5. The number of carbonyl (C=O) groups excluding carboxylic acids is 3. The quantitative estimate of drug-likeness (QED) is 0.0200. The molecule has 6 nitrogen and oxygen atoms in total. The minimum atomic E-state index is -0.807. The summed E-state index contributed by atoms with van der Waals surface area (Å²) in [6.07, 6.45) is 61.4. The van der Waals surface area contributed by atoms with Crippen molar-refractivity contribution in [2.24, 2.45) is 0 Å². The maximum atomic E-state index is 12.8. The molecule has 0 spiro atoms. The van der Waals surface area contributed by atoms with E-state index in [9.17, 15) is 14.4 Å². The predicted molar refractivity (Wildman–Crippen MR) is 256 cm³/mol. The van der Waals surface area contributed by atoms with Crippen LogP contribution >= 0.6 is 0 Å². The molecule has 6 heteroatoms. The topological polar surface area (TPSA) is 78.9 Å². The summed E-state index contributed by atoms with van der Waals surface area (Å²) in [6, 6.07) is 0. The van der Waals surface area contributed by atoms with Crippen LogP contribution in [0, 0.1) is 0 Å². The molecule has 0 aliphatic heterocycles. The van der Waals surface area contributed by atoms with Crippen LogP contribution in [-0.2, 0) is 28.6 Å². The van der Waals surface area contributed by atoms with Gasteiger partial charge in [0.05, 0.1) is 0 Å². The standard InChI is InChI=1S/C54H90O6/c1-4-7-10-13-16-19-22-25-27-30-32-35-38-41-44-47-53(56)59-50-51(49-58-52(55)46-43-40-37-34-31-28-24-21-18-15-12-9-6-3)60-54(57)48-45-42-39-36-33-29-26-23-20-17-14-11-8-5-2/h8-9,11-12,15,17-18,20-21,24,28,31,34,37,51H,4-7,10,13-14,16,19,22-23,25-27,29-30,32-33,35-36,38-50H2,1-3H3/b11-8+,12-9+,18-15+,20-17+,24-21+,31-28+,37-34+. The lowest BCUT2D eigenvalue weighted by molar-refractivity contribution is -0.167. The van der Waals surface area contributed by atoms with Crippen molar-refractivity contribution in [3.05, 3.63) is 85.1 Å². The highest BCUT2D eigenvalue weighted by molar-refractivity contribution is 5.71. The molecule has 60 heavy (non-hydrogen) atoms. The lowest BCUT2D eigenvalue weighted by Crippen LogP contribution is -2.30. The summed E-state index contributed by atoms with van der Waals surface area (Å²) in [5.74, 6) is -0.988. The molecule has 0 fully saturated rings. The molecule has 0 heterocycles. The Balaban J connectivity index is 4.48. The van der Waals surface area contributed by atoms with Gasteiger partial charge in [0.2, 0.25) is 0 Å².